The van der Waals surface area contributed by atoms with Gasteiger partial charge in [-0.1, -0.05) is 75.8 Å². The molecule has 2 N–H and O–H groups in total. The van der Waals surface area contributed by atoms with Gasteiger partial charge in [0.25, 0.3) is 0 Å². The van der Waals surface area contributed by atoms with E-state index in [1.54, 1.807) is 5.57 Å². The van der Waals surface area contributed by atoms with Crippen LogP contribution in [0.3, 0.4) is 0 Å². The van der Waals surface area contributed by atoms with Crippen molar-refractivity contribution in [2.75, 3.05) is 0 Å². The van der Waals surface area contributed by atoms with Gasteiger partial charge in [0, 0.05) is 6.42 Å². The number of hydrogen-bond acceptors (Lipinski definition) is 2. The first-order chi connectivity index (χ1) is 14.8. The van der Waals surface area contributed by atoms with E-state index in [9.17, 15) is 10.2 Å². The summed E-state index contributed by atoms with van der Waals surface area (Å²) in [6.45, 7) is 13.5. The molecule has 0 aliphatic heterocycles. The van der Waals surface area contributed by atoms with Gasteiger partial charge in [-0.3, -0.25) is 0 Å². The maximum Gasteiger partial charge on any atom is 0.0811 e. The lowest BCUT2D eigenvalue weighted by Gasteiger charge is -2.44. The summed E-state index contributed by atoms with van der Waals surface area (Å²) in [6.07, 6.45) is 20.1. The minimum atomic E-state index is -0.608. The van der Waals surface area contributed by atoms with Crippen LogP contribution in [-0.4, -0.2) is 22.4 Å². The molecule has 0 heterocycles. The summed E-state index contributed by atoms with van der Waals surface area (Å²) in [7, 11) is 0. The van der Waals surface area contributed by atoms with Gasteiger partial charge in [-0.05, 0) is 85.7 Å². The quantitative estimate of drug-likeness (QED) is 0.448. The summed E-state index contributed by atoms with van der Waals surface area (Å²) in [5.41, 5.74) is 5.27. The largest absolute Gasteiger partial charge is 0.393 e. The Labute approximate surface area is 190 Å². The Morgan fingerprint density at radius 2 is 1.94 bits per heavy atom. The van der Waals surface area contributed by atoms with Crippen molar-refractivity contribution in [1.29, 1.82) is 0 Å². The Morgan fingerprint density at radius 3 is 2.65 bits per heavy atom. The van der Waals surface area contributed by atoms with Crippen molar-refractivity contribution in [3.63, 3.8) is 0 Å². The van der Waals surface area contributed by atoms with E-state index in [0.717, 1.165) is 29.9 Å². The lowest BCUT2D eigenvalue weighted by Crippen LogP contribution is -2.35. The predicted octanol–water partition coefficient (Wildman–Crippen LogP) is 7.07. The van der Waals surface area contributed by atoms with Gasteiger partial charge < -0.3 is 10.2 Å². The van der Waals surface area contributed by atoms with E-state index >= 15 is 0 Å². The van der Waals surface area contributed by atoms with E-state index < -0.39 is 12.2 Å². The van der Waals surface area contributed by atoms with Crippen LogP contribution in [0.1, 0.15) is 85.5 Å². The molecule has 172 valence electrons. The number of aliphatic hydroxyl groups is 2. The first kappa shape index (κ1) is 24.3. The molecule has 31 heavy (non-hydrogen) atoms. The summed E-state index contributed by atoms with van der Waals surface area (Å²) in [5.74, 6) is 1.99. The zero-order valence-corrected chi connectivity index (χ0v) is 20.2. The molecule has 2 nitrogen and oxygen atoms in total. The second kappa shape index (κ2) is 10.5. The fraction of sp³-hybridized carbons (Fsp3) is 0.655. The molecule has 0 spiro atoms. The Kier molecular flexibility index (Phi) is 8.21. The van der Waals surface area contributed by atoms with Crippen molar-refractivity contribution in [2.45, 2.75) is 97.7 Å². The molecule has 0 bridgehead atoms. The monoisotopic (exact) mass is 424 g/mol. The molecule has 0 radical (unpaired) electrons. The highest BCUT2D eigenvalue weighted by Crippen LogP contribution is 2.59. The van der Waals surface area contributed by atoms with E-state index in [4.69, 9.17) is 0 Å². The number of allylic oxidation sites excluding steroid dienone is 7. The molecule has 0 aromatic rings. The fourth-order valence-corrected chi connectivity index (χ4v) is 6.59. The van der Waals surface area contributed by atoms with Gasteiger partial charge in [-0.25, -0.2) is 0 Å². The van der Waals surface area contributed by atoms with Crippen LogP contribution < -0.4 is 0 Å². The molecule has 0 unspecified atom stereocenters. The summed E-state index contributed by atoms with van der Waals surface area (Å²) in [4.78, 5) is 0. The molecule has 3 fully saturated rings. The summed E-state index contributed by atoms with van der Waals surface area (Å²) >= 11 is 0. The van der Waals surface area contributed by atoms with Crippen molar-refractivity contribution >= 4 is 0 Å². The van der Waals surface area contributed by atoms with Crippen LogP contribution in [0.25, 0.3) is 0 Å². The standard InChI is InChI=1S/C29H44O2/c1-6-22(7-2)11-8-10-20(3)26-15-16-27-23(12-9-17-29(26,27)5)13-14-24-18-25(30)19-28(31)21(24)4/h8,10-11,13-14,20,25-28,30-31H,4,6-7,9,12,15-19H2,1-3,5H3/b10-8+,23-13+,24-14-/t20-,25-,26-,27+,28+,29-/m1/s1. The minimum Gasteiger partial charge on any atom is -0.393 e. The molecule has 3 saturated carbocycles. The second-order valence-corrected chi connectivity index (χ2v) is 10.4. The van der Waals surface area contributed by atoms with Gasteiger partial charge in [-0.15, -0.1) is 0 Å². The molecular formula is C29H44O2. The highest BCUT2D eigenvalue weighted by atomic mass is 16.3. The van der Waals surface area contributed by atoms with Crippen LogP contribution in [0, 0.1) is 23.2 Å². The van der Waals surface area contributed by atoms with Crippen LogP contribution in [0.5, 0.6) is 0 Å². The molecule has 0 amide bonds. The molecule has 3 aliphatic rings. The highest BCUT2D eigenvalue weighted by molar-refractivity contribution is 5.38. The SMILES string of the molecule is C=C1/C(=C\C=C2/CCC[C@]3(C)[C@@H]([C@H](C)/C=C/C=C(CC)CC)CC[C@@H]23)C[C@@H](O)C[C@@H]1O. The molecule has 0 aromatic carbocycles. The lowest BCUT2D eigenvalue weighted by molar-refractivity contribution is 0.0862. The number of hydrogen-bond donors (Lipinski definition) is 2. The van der Waals surface area contributed by atoms with Crippen LogP contribution in [0.15, 0.2) is 59.3 Å². The van der Waals surface area contributed by atoms with E-state index in [1.165, 1.54) is 37.7 Å². The molecule has 3 aliphatic carbocycles. The van der Waals surface area contributed by atoms with Gasteiger partial charge in [-0.2, -0.15) is 0 Å². The topological polar surface area (TPSA) is 40.5 Å². The van der Waals surface area contributed by atoms with Crippen LogP contribution in [0.4, 0.5) is 0 Å². The van der Waals surface area contributed by atoms with Crippen molar-refractivity contribution in [3.05, 3.63) is 59.3 Å². The van der Waals surface area contributed by atoms with Gasteiger partial charge in [0.1, 0.15) is 0 Å². The molecule has 3 rings (SSSR count). The van der Waals surface area contributed by atoms with Gasteiger partial charge >= 0.3 is 0 Å². The number of rotatable bonds is 6. The molecule has 6 atom stereocenters. The third-order valence-electron chi connectivity index (χ3n) is 8.59. The summed E-state index contributed by atoms with van der Waals surface area (Å²) in [6, 6.07) is 0. The number of aliphatic hydroxyl groups excluding tert-OH is 2. The van der Waals surface area contributed by atoms with Crippen LogP contribution in [0.2, 0.25) is 0 Å². The van der Waals surface area contributed by atoms with Gasteiger partial charge in [0.2, 0.25) is 0 Å². The summed E-state index contributed by atoms with van der Waals surface area (Å²) < 4.78 is 0. The summed E-state index contributed by atoms with van der Waals surface area (Å²) in [5, 5.41) is 20.2. The van der Waals surface area contributed by atoms with Gasteiger partial charge in [0.05, 0.1) is 12.2 Å². The van der Waals surface area contributed by atoms with E-state index in [2.05, 4.69) is 64.7 Å². The van der Waals surface area contributed by atoms with Crippen LogP contribution >= 0.6 is 0 Å². The zero-order valence-electron chi connectivity index (χ0n) is 20.2. The van der Waals surface area contributed by atoms with E-state index in [-0.39, 0.29) is 0 Å². The molecule has 0 saturated heterocycles. The Morgan fingerprint density at radius 1 is 1.19 bits per heavy atom. The van der Waals surface area contributed by atoms with Gasteiger partial charge in [0.15, 0.2) is 0 Å². The van der Waals surface area contributed by atoms with Crippen molar-refractivity contribution in [3.8, 4) is 0 Å². The third kappa shape index (κ3) is 5.34. The maximum absolute atomic E-state index is 10.1. The van der Waals surface area contributed by atoms with Crippen molar-refractivity contribution < 1.29 is 10.2 Å². The number of fused-ring (bicyclic) bond motifs is 1. The Bertz CT molecular complexity index is 762. The Hall–Kier alpha value is -1.38. The van der Waals surface area contributed by atoms with Crippen LogP contribution in [-0.2, 0) is 0 Å². The first-order valence-electron chi connectivity index (χ1n) is 12.6. The third-order valence-corrected chi connectivity index (χ3v) is 8.59. The molecular weight excluding hydrogens is 380 g/mol. The minimum absolute atomic E-state index is 0.372. The molecule has 2 heteroatoms. The second-order valence-electron chi connectivity index (χ2n) is 10.4. The smallest absolute Gasteiger partial charge is 0.0811 e. The maximum atomic E-state index is 10.1. The predicted molar refractivity (Wildman–Crippen MR) is 132 cm³/mol. The first-order valence-corrected chi connectivity index (χ1v) is 12.6. The van der Waals surface area contributed by atoms with E-state index in [1.807, 2.05) is 0 Å². The van der Waals surface area contributed by atoms with Crippen molar-refractivity contribution in [2.24, 2.45) is 23.2 Å². The normalized spacial score (nSPS) is 37.4. The zero-order chi connectivity index (χ0) is 22.6. The molecule has 0 aromatic heterocycles. The van der Waals surface area contributed by atoms with Crippen molar-refractivity contribution in [1.82, 2.24) is 0 Å². The average molecular weight is 425 g/mol. The lowest BCUT2D eigenvalue weighted by atomic mass is 9.61. The van der Waals surface area contributed by atoms with E-state index in [0.29, 0.717) is 30.1 Å². The average Bonchev–Trinajstić information content (AvgIpc) is 3.10. The fourth-order valence-electron chi connectivity index (χ4n) is 6.59. The highest BCUT2D eigenvalue weighted by Gasteiger charge is 2.50. The Balaban J connectivity index is 1.75.